The molecule has 1 heterocycles. The predicted molar refractivity (Wildman–Crippen MR) is 105 cm³/mol. The Morgan fingerprint density at radius 3 is 2.31 bits per heavy atom. The Kier molecular flexibility index (Phi) is 5.94. The van der Waals surface area contributed by atoms with E-state index in [1.807, 2.05) is 62.1 Å². The number of hydrogen-bond acceptors (Lipinski definition) is 3. The Morgan fingerprint density at radius 1 is 1.00 bits per heavy atom. The van der Waals surface area contributed by atoms with Crippen LogP contribution in [0.25, 0.3) is 0 Å². The lowest BCUT2D eigenvalue weighted by atomic mass is 10.1. The lowest BCUT2D eigenvalue weighted by Gasteiger charge is -2.35. The van der Waals surface area contributed by atoms with Crippen molar-refractivity contribution in [3.8, 4) is 5.75 Å². The van der Waals surface area contributed by atoms with Gasteiger partial charge in [0.25, 0.3) is 5.91 Å². The first-order valence-electron chi connectivity index (χ1n) is 9.36. The monoisotopic (exact) mass is 352 g/mol. The molecule has 0 saturated carbocycles. The van der Waals surface area contributed by atoms with Crippen LogP contribution in [-0.4, -0.2) is 48.0 Å². The smallest absolute Gasteiger partial charge is 0.253 e. The van der Waals surface area contributed by atoms with Crippen LogP contribution in [0.2, 0.25) is 0 Å². The Balaban J connectivity index is 1.57. The average molecular weight is 352 g/mol. The summed E-state index contributed by atoms with van der Waals surface area (Å²) in [7, 11) is 0. The molecule has 1 saturated heterocycles. The highest BCUT2D eigenvalue weighted by atomic mass is 16.5. The van der Waals surface area contributed by atoms with E-state index in [0.29, 0.717) is 0 Å². The molecule has 0 N–H and O–H groups in total. The molecule has 4 heteroatoms. The van der Waals surface area contributed by atoms with E-state index in [1.165, 1.54) is 11.1 Å². The summed E-state index contributed by atoms with van der Waals surface area (Å²) >= 11 is 0. The third-order valence-electron chi connectivity index (χ3n) is 4.69. The normalized spacial score (nSPS) is 15.3. The van der Waals surface area contributed by atoms with Gasteiger partial charge in [-0.15, -0.1) is 0 Å². The number of rotatable bonds is 5. The van der Waals surface area contributed by atoms with Gasteiger partial charge in [-0.05, 0) is 39.0 Å². The van der Waals surface area contributed by atoms with E-state index in [4.69, 9.17) is 4.74 Å². The van der Waals surface area contributed by atoms with Crippen LogP contribution in [0, 0.1) is 6.92 Å². The molecule has 0 radical (unpaired) electrons. The number of aryl methyl sites for hydroxylation is 1. The number of para-hydroxylation sites is 1. The molecule has 0 aliphatic carbocycles. The van der Waals surface area contributed by atoms with Crippen molar-refractivity contribution in [1.29, 1.82) is 0 Å². The number of carbonyl (C=O) groups excluding carboxylic acids is 1. The van der Waals surface area contributed by atoms with Gasteiger partial charge in [-0.25, -0.2) is 0 Å². The van der Waals surface area contributed by atoms with E-state index >= 15 is 0 Å². The molecule has 26 heavy (non-hydrogen) atoms. The minimum absolute atomic E-state index is 0.133. The van der Waals surface area contributed by atoms with E-state index in [-0.39, 0.29) is 12.0 Å². The molecule has 1 amide bonds. The molecule has 1 aliphatic rings. The maximum atomic E-state index is 12.6. The molecule has 1 aliphatic heterocycles. The summed E-state index contributed by atoms with van der Waals surface area (Å²) in [6, 6.07) is 16.1. The summed E-state index contributed by atoms with van der Waals surface area (Å²) in [5, 5.41) is 0. The van der Waals surface area contributed by atoms with Crippen molar-refractivity contribution in [1.82, 2.24) is 9.80 Å². The summed E-state index contributed by atoms with van der Waals surface area (Å²) in [6.07, 6.45) is 0.167. The van der Waals surface area contributed by atoms with Crippen LogP contribution in [0.5, 0.6) is 5.75 Å². The SMILES string of the molecule is Cc1ccc(C(=O)N2CCN(Cc3ccccc3OC(C)C)CC2)cc1. The number of nitrogens with zero attached hydrogens (tertiary/aromatic N) is 2. The van der Waals surface area contributed by atoms with Crippen molar-refractivity contribution in [3.05, 3.63) is 65.2 Å². The number of benzene rings is 2. The molecule has 0 bridgehead atoms. The van der Waals surface area contributed by atoms with E-state index < -0.39 is 0 Å². The molecule has 1 fully saturated rings. The third-order valence-corrected chi connectivity index (χ3v) is 4.69. The first-order chi connectivity index (χ1) is 12.5. The molecule has 0 spiro atoms. The molecule has 2 aromatic rings. The minimum Gasteiger partial charge on any atom is -0.491 e. The zero-order valence-electron chi connectivity index (χ0n) is 15.9. The van der Waals surface area contributed by atoms with Gasteiger partial charge in [0.1, 0.15) is 5.75 Å². The van der Waals surface area contributed by atoms with E-state index in [1.54, 1.807) is 0 Å². The Bertz CT molecular complexity index is 732. The molecule has 0 unspecified atom stereocenters. The number of carbonyl (C=O) groups is 1. The topological polar surface area (TPSA) is 32.8 Å². The van der Waals surface area contributed by atoms with Gasteiger partial charge in [-0.2, -0.15) is 0 Å². The molecule has 4 nitrogen and oxygen atoms in total. The number of ether oxygens (including phenoxy) is 1. The predicted octanol–water partition coefficient (Wildman–Crippen LogP) is 3.74. The summed E-state index contributed by atoms with van der Waals surface area (Å²) < 4.78 is 5.92. The zero-order chi connectivity index (χ0) is 18.5. The first kappa shape index (κ1) is 18.5. The zero-order valence-corrected chi connectivity index (χ0v) is 15.9. The fraction of sp³-hybridized carbons (Fsp3) is 0.409. The Morgan fingerprint density at radius 2 is 1.65 bits per heavy atom. The quantitative estimate of drug-likeness (QED) is 0.822. The van der Waals surface area contributed by atoms with Crippen LogP contribution in [0.3, 0.4) is 0 Å². The lowest BCUT2D eigenvalue weighted by Crippen LogP contribution is -2.48. The second-order valence-electron chi connectivity index (χ2n) is 7.21. The molecule has 2 aromatic carbocycles. The summed E-state index contributed by atoms with van der Waals surface area (Å²) in [5.41, 5.74) is 3.16. The Labute approximate surface area is 156 Å². The summed E-state index contributed by atoms with van der Waals surface area (Å²) in [4.78, 5) is 17.0. The fourth-order valence-electron chi connectivity index (χ4n) is 3.23. The van der Waals surface area contributed by atoms with Crippen LogP contribution >= 0.6 is 0 Å². The van der Waals surface area contributed by atoms with Gasteiger partial charge in [0.05, 0.1) is 6.10 Å². The van der Waals surface area contributed by atoms with Gasteiger partial charge in [0, 0.05) is 43.9 Å². The lowest BCUT2D eigenvalue weighted by molar-refractivity contribution is 0.0626. The van der Waals surface area contributed by atoms with Gasteiger partial charge in [-0.3, -0.25) is 9.69 Å². The van der Waals surface area contributed by atoms with Crippen molar-refractivity contribution >= 4 is 5.91 Å². The van der Waals surface area contributed by atoms with Gasteiger partial charge in [-0.1, -0.05) is 35.9 Å². The highest BCUT2D eigenvalue weighted by molar-refractivity contribution is 5.94. The molecule has 0 aromatic heterocycles. The van der Waals surface area contributed by atoms with Crippen molar-refractivity contribution in [2.75, 3.05) is 26.2 Å². The van der Waals surface area contributed by atoms with Crippen molar-refractivity contribution in [2.45, 2.75) is 33.4 Å². The van der Waals surface area contributed by atoms with Crippen LogP contribution in [0.4, 0.5) is 0 Å². The van der Waals surface area contributed by atoms with Crippen molar-refractivity contribution in [2.24, 2.45) is 0 Å². The highest BCUT2D eigenvalue weighted by Crippen LogP contribution is 2.22. The highest BCUT2D eigenvalue weighted by Gasteiger charge is 2.22. The van der Waals surface area contributed by atoms with Gasteiger partial charge in [0.2, 0.25) is 0 Å². The van der Waals surface area contributed by atoms with Crippen molar-refractivity contribution < 1.29 is 9.53 Å². The first-order valence-corrected chi connectivity index (χ1v) is 9.36. The second-order valence-corrected chi connectivity index (χ2v) is 7.21. The second kappa shape index (κ2) is 8.37. The van der Waals surface area contributed by atoms with E-state index in [0.717, 1.165) is 44.0 Å². The van der Waals surface area contributed by atoms with Crippen LogP contribution in [0.1, 0.15) is 35.3 Å². The molecular formula is C22H28N2O2. The van der Waals surface area contributed by atoms with Crippen molar-refractivity contribution in [3.63, 3.8) is 0 Å². The molecule has 138 valence electrons. The Hall–Kier alpha value is -2.33. The van der Waals surface area contributed by atoms with Gasteiger partial charge >= 0.3 is 0 Å². The largest absolute Gasteiger partial charge is 0.491 e. The van der Waals surface area contributed by atoms with Gasteiger partial charge in [0.15, 0.2) is 0 Å². The van der Waals surface area contributed by atoms with Crippen LogP contribution in [-0.2, 0) is 6.54 Å². The van der Waals surface area contributed by atoms with Gasteiger partial charge < -0.3 is 9.64 Å². The van der Waals surface area contributed by atoms with Crippen LogP contribution < -0.4 is 4.74 Å². The summed E-state index contributed by atoms with van der Waals surface area (Å²) in [5.74, 6) is 1.09. The number of hydrogen-bond donors (Lipinski definition) is 0. The maximum absolute atomic E-state index is 12.6. The van der Waals surface area contributed by atoms with Crippen LogP contribution in [0.15, 0.2) is 48.5 Å². The summed E-state index contributed by atoms with van der Waals surface area (Å²) in [6.45, 7) is 10.3. The van der Waals surface area contributed by atoms with E-state index in [2.05, 4.69) is 17.0 Å². The number of amides is 1. The number of piperazine rings is 1. The maximum Gasteiger partial charge on any atom is 0.253 e. The molecule has 0 atom stereocenters. The molecular weight excluding hydrogens is 324 g/mol. The minimum atomic E-state index is 0.133. The molecule has 3 rings (SSSR count). The fourth-order valence-corrected chi connectivity index (χ4v) is 3.23. The standard InChI is InChI=1S/C22H28N2O2/c1-17(2)26-21-7-5-4-6-20(21)16-23-12-14-24(15-13-23)22(25)19-10-8-18(3)9-11-19/h4-11,17H,12-16H2,1-3H3. The average Bonchev–Trinajstić information content (AvgIpc) is 2.64. The third kappa shape index (κ3) is 4.64. The van der Waals surface area contributed by atoms with E-state index in [9.17, 15) is 4.79 Å².